The van der Waals surface area contributed by atoms with Gasteiger partial charge < -0.3 is 0 Å². The summed E-state index contributed by atoms with van der Waals surface area (Å²) >= 11 is 0. The van der Waals surface area contributed by atoms with Crippen LogP contribution < -0.4 is 14.0 Å². The zero-order valence-electron chi connectivity index (χ0n) is 2.46. The van der Waals surface area contributed by atoms with Crippen LogP contribution in [0.5, 0.6) is 0 Å². The first-order valence-electron chi connectivity index (χ1n) is 0.632. The summed E-state index contributed by atoms with van der Waals surface area (Å²) in [4.78, 5) is 0. The van der Waals surface area contributed by atoms with Gasteiger partial charge in [0.2, 0.25) is 0 Å². The van der Waals surface area contributed by atoms with Crippen LogP contribution >= 0.6 is 0 Å². The van der Waals surface area contributed by atoms with E-state index in [-0.39, 0.29) is 4.70 Å². The fourth-order valence-corrected chi connectivity index (χ4v) is 0. The molecule has 0 aromatic carbocycles. The van der Waals surface area contributed by atoms with E-state index in [1.807, 2.05) is 0 Å². The second-order valence-electron chi connectivity index (χ2n) is 0.396. The molecule has 6 heteroatoms. The molecule has 0 spiro atoms. The first-order valence-corrected chi connectivity index (χ1v) is 1.90. The fourth-order valence-electron chi connectivity index (χ4n) is 0. The van der Waals surface area contributed by atoms with E-state index in [4.69, 9.17) is 18.6 Å². The highest BCUT2D eigenvalue weighted by Gasteiger charge is 1.98. The van der Waals surface area contributed by atoms with Crippen molar-refractivity contribution in [1.29, 1.82) is 0 Å². The Balaban J connectivity index is 0. The molecule has 1 N–H and O–H groups in total. The van der Waals surface area contributed by atoms with Crippen molar-refractivity contribution in [2.75, 3.05) is 0 Å². The molecule has 0 aromatic rings. The Morgan fingerprint density at radius 3 is 1.17 bits per heavy atom. The van der Waals surface area contributed by atoms with Gasteiger partial charge in [-0.1, -0.05) is 0 Å². The molecule has 0 atom stereocenters. The van der Waals surface area contributed by atoms with E-state index < -0.39 is 10.2 Å². The minimum absolute atomic E-state index is 0. The highest BCUT2D eigenvalue weighted by atomic mass is 35.7. The first kappa shape index (κ1) is 9.41. The first-order chi connectivity index (χ1) is 2.00. The molecular formula is H2ClFO4. The molecule has 0 amide bonds. The Labute approximate surface area is 34.7 Å². The normalized spacial score (nSPS) is 10.0. The summed E-state index contributed by atoms with van der Waals surface area (Å²) < 4.78 is 32.7. The Bertz CT molecular complexity index is 23.0. The van der Waals surface area contributed by atoms with Crippen molar-refractivity contribution in [3.05, 3.63) is 0 Å². The lowest BCUT2D eigenvalue weighted by atomic mass is 15.8. The van der Waals surface area contributed by atoms with Crippen LogP contribution in [0.2, 0.25) is 0 Å². The van der Waals surface area contributed by atoms with Crippen molar-refractivity contribution in [2.45, 2.75) is 0 Å². The molecule has 40 valence electrons. The highest BCUT2D eigenvalue weighted by Crippen LogP contribution is 1.60. The van der Waals surface area contributed by atoms with E-state index in [0.29, 0.717) is 0 Å². The van der Waals surface area contributed by atoms with Gasteiger partial charge in [-0.25, -0.2) is 0 Å². The molecule has 0 aromatic heterocycles. The summed E-state index contributed by atoms with van der Waals surface area (Å²) in [5.74, 6) is 0. The molecule has 0 unspecified atom stereocenters. The number of rotatable bonds is 0. The number of halogens is 2. The SMILES string of the molecule is F.[O-][Cl+3]([O-])([O-])O. The largest absolute Gasteiger partial charge is 0.269 e. The predicted molar refractivity (Wildman–Crippen MR) is 4.72 cm³/mol. The molecule has 0 heterocycles. The minimum Gasteiger partial charge on any atom is -0.269 e. The maximum absolute atomic E-state index is 8.60. The fraction of sp³-hybridized carbons (Fsp3) is 0. The smallest absolute Gasteiger partial charge is 0.0777 e. The zero-order chi connectivity index (χ0) is 4.50. The highest BCUT2D eigenvalue weighted by molar-refractivity contribution is 2.15. The molecule has 0 radical (unpaired) electrons. The lowest BCUT2D eigenvalue weighted by Gasteiger charge is -2.03. The van der Waals surface area contributed by atoms with Crippen molar-refractivity contribution >= 4 is 0 Å². The van der Waals surface area contributed by atoms with Crippen LogP contribution in [0.3, 0.4) is 0 Å². The third-order valence-corrected chi connectivity index (χ3v) is 0. The standard InChI is InChI=1S/ClHO4.FH/c2-1(3,4)5;/h(H,2,3,4,5);1H. The molecule has 0 fully saturated rings. The Morgan fingerprint density at radius 1 is 1.17 bits per heavy atom. The van der Waals surface area contributed by atoms with Gasteiger partial charge >= 0.3 is 0 Å². The predicted octanol–water partition coefficient (Wildman–Crippen LogP) is -3.97. The molecule has 0 rings (SSSR count). The molecule has 0 aliphatic heterocycles. The van der Waals surface area contributed by atoms with E-state index >= 15 is 0 Å². The molecule has 0 bridgehead atoms. The Kier molecular flexibility index (Phi) is 3.56. The molecule has 0 aliphatic carbocycles. The average molecular weight is 120 g/mol. The van der Waals surface area contributed by atoms with Crippen molar-refractivity contribution in [3.63, 3.8) is 0 Å². The maximum Gasteiger partial charge on any atom is 0.0777 e. The van der Waals surface area contributed by atoms with Crippen LogP contribution in [0.15, 0.2) is 0 Å². The van der Waals surface area contributed by atoms with Gasteiger partial charge in [0.05, 0.1) is 14.9 Å². The summed E-state index contributed by atoms with van der Waals surface area (Å²) in [5.41, 5.74) is 0. The number of hydrogen-bond donors (Lipinski definition) is 1. The lowest BCUT2D eigenvalue weighted by Crippen LogP contribution is -2.58. The van der Waals surface area contributed by atoms with Crippen LogP contribution in [0.1, 0.15) is 0 Å². The van der Waals surface area contributed by atoms with E-state index in [2.05, 4.69) is 0 Å². The third kappa shape index (κ3) is 10600. The van der Waals surface area contributed by atoms with Crippen molar-refractivity contribution in [2.24, 2.45) is 0 Å². The summed E-state index contributed by atoms with van der Waals surface area (Å²) in [6.07, 6.45) is 0. The van der Waals surface area contributed by atoms with E-state index in [9.17, 15) is 0 Å². The van der Waals surface area contributed by atoms with Gasteiger partial charge in [0.25, 0.3) is 0 Å². The molecule has 0 aliphatic rings. The maximum atomic E-state index is 8.60. The second kappa shape index (κ2) is 2.27. The minimum atomic E-state index is -4.69. The van der Waals surface area contributed by atoms with E-state index in [0.717, 1.165) is 0 Å². The summed E-state index contributed by atoms with van der Waals surface area (Å²) in [6.45, 7) is 0. The van der Waals surface area contributed by atoms with Gasteiger partial charge in [0.1, 0.15) is 0 Å². The quantitative estimate of drug-likeness (QED) is 0.353. The van der Waals surface area contributed by atoms with E-state index in [1.165, 1.54) is 0 Å². The van der Waals surface area contributed by atoms with Gasteiger partial charge in [-0.3, -0.25) is 4.70 Å². The molecule has 0 saturated carbocycles. The van der Waals surface area contributed by atoms with Crippen molar-refractivity contribution < 1.29 is 33.6 Å². The van der Waals surface area contributed by atoms with Crippen LogP contribution in [0.4, 0.5) is 4.70 Å². The third-order valence-electron chi connectivity index (χ3n) is 0. The molecule has 4 nitrogen and oxygen atoms in total. The Morgan fingerprint density at radius 2 is 1.17 bits per heavy atom. The van der Waals surface area contributed by atoms with Gasteiger partial charge in [-0.15, -0.1) is 0 Å². The number of hydrogen-bond acceptors (Lipinski definition) is 4. The van der Waals surface area contributed by atoms with Gasteiger partial charge in [-0.05, 0) is 0 Å². The molecular weight excluding hydrogens is 118 g/mol. The van der Waals surface area contributed by atoms with E-state index in [1.54, 1.807) is 0 Å². The average Bonchev–Trinajstić information content (AvgIpc) is 0.722. The van der Waals surface area contributed by atoms with Gasteiger partial charge in [0, 0.05) is 0 Å². The van der Waals surface area contributed by atoms with Crippen LogP contribution in [0, 0.1) is 10.2 Å². The van der Waals surface area contributed by atoms with Crippen molar-refractivity contribution in [1.82, 2.24) is 0 Å². The lowest BCUT2D eigenvalue weighted by molar-refractivity contribution is -1.92. The second-order valence-corrected chi connectivity index (χ2v) is 1.19. The van der Waals surface area contributed by atoms with Crippen molar-refractivity contribution in [3.8, 4) is 0 Å². The van der Waals surface area contributed by atoms with Crippen LogP contribution in [-0.4, -0.2) is 4.66 Å². The van der Waals surface area contributed by atoms with Gasteiger partial charge in [-0.2, -0.15) is 14.0 Å². The van der Waals surface area contributed by atoms with Gasteiger partial charge in [0.15, 0.2) is 0 Å². The topological polar surface area (TPSA) is 89.4 Å². The molecule has 6 heavy (non-hydrogen) atoms. The van der Waals surface area contributed by atoms with Crippen LogP contribution in [-0.2, 0) is 0 Å². The zero-order valence-corrected chi connectivity index (χ0v) is 3.21. The monoisotopic (exact) mass is 120 g/mol. The summed E-state index contributed by atoms with van der Waals surface area (Å²) in [5, 5.41) is 0. The molecule has 0 saturated heterocycles. The summed E-state index contributed by atoms with van der Waals surface area (Å²) in [7, 11) is -4.69. The van der Waals surface area contributed by atoms with Crippen LogP contribution in [0.25, 0.3) is 0 Å². The summed E-state index contributed by atoms with van der Waals surface area (Å²) in [6, 6.07) is 0. The Hall–Kier alpha value is 0.0600.